The van der Waals surface area contributed by atoms with Gasteiger partial charge in [-0.1, -0.05) is 29.8 Å². The van der Waals surface area contributed by atoms with E-state index in [9.17, 15) is 5.11 Å². The van der Waals surface area contributed by atoms with Crippen molar-refractivity contribution >= 4 is 17.6 Å². The molecule has 1 aromatic carbocycles. The molecular formula is C17H26ClN3O2. The van der Waals surface area contributed by atoms with Gasteiger partial charge in [0.15, 0.2) is 5.96 Å². The van der Waals surface area contributed by atoms with Crippen molar-refractivity contribution in [2.24, 2.45) is 4.99 Å². The Bertz CT molecular complexity index is 530. The molecule has 0 aliphatic carbocycles. The van der Waals surface area contributed by atoms with Crippen LogP contribution in [0.1, 0.15) is 38.3 Å². The molecule has 1 fully saturated rings. The zero-order chi connectivity index (χ0) is 16.7. The van der Waals surface area contributed by atoms with Crippen molar-refractivity contribution in [1.29, 1.82) is 0 Å². The van der Waals surface area contributed by atoms with Crippen LogP contribution in [0.5, 0.6) is 0 Å². The van der Waals surface area contributed by atoms with Gasteiger partial charge in [0.05, 0.1) is 18.2 Å². The van der Waals surface area contributed by atoms with E-state index < -0.39 is 5.60 Å². The molecule has 6 heteroatoms. The maximum absolute atomic E-state index is 10.5. The van der Waals surface area contributed by atoms with Gasteiger partial charge in [0, 0.05) is 37.6 Å². The van der Waals surface area contributed by atoms with Crippen molar-refractivity contribution in [3.8, 4) is 0 Å². The van der Waals surface area contributed by atoms with Crippen LogP contribution in [0.4, 0.5) is 0 Å². The lowest BCUT2D eigenvalue weighted by Crippen LogP contribution is -2.43. The smallest absolute Gasteiger partial charge is 0.191 e. The first kappa shape index (κ1) is 18.0. The predicted octanol–water partition coefficient (Wildman–Crippen LogP) is 2.50. The zero-order valence-electron chi connectivity index (χ0n) is 13.8. The summed E-state index contributed by atoms with van der Waals surface area (Å²) in [6, 6.07) is 7.78. The lowest BCUT2D eigenvalue weighted by molar-refractivity contribution is -0.0566. The highest BCUT2D eigenvalue weighted by molar-refractivity contribution is 6.31. The Morgan fingerprint density at radius 1 is 1.39 bits per heavy atom. The summed E-state index contributed by atoms with van der Waals surface area (Å²) in [5.41, 5.74) is 0.248. The van der Waals surface area contributed by atoms with Crippen LogP contribution in [0, 0.1) is 0 Å². The van der Waals surface area contributed by atoms with Crippen molar-refractivity contribution in [1.82, 2.24) is 10.6 Å². The van der Waals surface area contributed by atoms with E-state index in [-0.39, 0.29) is 6.04 Å². The molecule has 0 saturated carbocycles. The van der Waals surface area contributed by atoms with Gasteiger partial charge in [-0.25, -0.2) is 0 Å². The third-order valence-corrected chi connectivity index (χ3v) is 4.37. The molecule has 0 aromatic heterocycles. The molecule has 23 heavy (non-hydrogen) atoms. The standard InChI is InChI=1S/C17H26ClN3O2/c1-3-19-16(20-12-17(22)8-10-23-11-9-17)21-13(2)14-6-4-5-7-15(14)18/h4-7,13,22H,3,8-12H2,1-2H3,(H2,19,20,21). The van der Waals surface area contributed by atoms with Gasteiger partial charge in [-0.3, -0.25) is 4.99 Å². The molecule has 0 spiro atoms. The second-order valence-electron chi connectivity index (χ2n) is 5.92. The average Bonchev–Trinajstić information content (AvgIpc) is 2.54. The Labute approximate surface area is 143 Å². The molecule has 0 amide bonds. The summed E-state index contributed by atoms with van der Waals surface area (Å²) in [7, 11) is 0. The van der Waals surface area contributed by atoms with E-state index in [2.05, 4.69) is 15.6 Å². The first-order valence-electron chi connectivity index (χ1n) is 8.13. The van der Waals surface area contributed by atoms with E-state index in [1.807, 2.05) is 38.1 Å². The van der Waals surface area contributed by atoms with Gasteiger partial charge >= 0.3 is 0 Å². The van der Waals surface area contributed by atoms with Gasteiger partial charge in [0.1, 0.15) is 0 Å². The lowest BCUT2D eigenvalue weighted by Gasteiger charge is -2.30. The average molecular weight is 340 g/mol. The number of hydrogen-bond acceptors (Lipinski definition) is 3. The molecule has 1 heterocycles. The minimum atomic E-state index is -0.770. The fraction of sp³-hybridized carbons (Fsp3) is 0.588. The monoisotopic (exact) mass is 339 g/mol. The molecule has 1 aromatic rings. The molecule has 1 aliphatic rings. The number of halogens is 1. The number of hydrogen-bond donors (Lipinski definition) is 3. The van der Waals surface area contributed by atoms with Crippen LogP contribution in [0.15, 0.2) is 29.3 Å². The summed E-state index contributed by atoms with van der Waals surface area (Å²) < 4.78 is 5.30. The minimum absolute atomic E-state index is 0.0193. The second-order valence-corrected chi connectivity index (χ2v) is 6.33. The number of ether oxygens (including phenoxy) is 1. The number of aliphatic hydroxyl groups is 1. The molecule has 128 valence electrons. The van der Waals surface area contributed by atoms with Gasteiger partial charge in [0.2, 0.25) is 0 Å². The Balaban J connectivity index is 2.02. The SMILES string of the molecule is CCNC(=NCC1(O)CCOCC1)NC(C)c1ccccc1Cl. The Kier molecular flexibility index (Phi) is 6.69. The van der Waals surface area contributed by atoms with E-state index in [1.54, 1.807) is 0 Å². The van der Waals surface area contributed by atoms with E-state index in [0.29, 0.717) is 38.6 Å². The molecule has 5 nitrogen and oxygen atoms in total. The lowest BCUT2D eigenvalue weighted by atomic mass is 9.95. The Morgan fingerprint density at radius 3 is 2.74 bits per heavy atom. The summed E-state index contributed by atoms with van der Waals surface area (Å²) in [5.74, 6) is 0.680. The van der Waals surface area contributed by atoms with Crippen LogP contribution in [0.3, 0.4) is 0 Å². The fourth-order valence-electron chi connectivity index (χ4n) is 2.56. The van der Waals surface area contributed by atoms with E-state index >= 15 is 0 Å². The quantitative estimate of drug-likeness (QED) is 0.569. The number of benzene rings is 1. The summed E-state index contributed by atoms with van der Waals surface area (Å²) in [5, 5.41) is 17.8. The van der Waals surface area contributed by atoms with Crippen LogP contribution >= 0.6 is 11.6 Å². The van der Waals surface area contributed by atoms with Gasteiger partial charge in [-0.15, -0.1) is 0 Å². The molecule has 1 aliphatic heterocycles. The van der Waals surface area contributed by atoms with Gasteiger partial charge < -0.3 is 20.5 Å². The summed E-state index contributed by atoms with van der Waals surface area (Å²) in [6.07, 6.45) is 1.24. The highest BCUT2D eigenvalue weighted by Gasteiger charge is 2.29. The number of nitrogens with one attached hydrogen (secondary N) is 2. The highest BCUT2D eigenvalue weighted by atomic mass is 35.5. The van der Waals surface area contributed by atoms with Crippen LogP contribution in [0.2, 0.25) is 5.02 Å². The highest BCUT2D eigenvalue weighted by Crippen LogP contribution is 2.23. The number of guanidine groups is 1. The predicted molar refractivity (Wildman–Crippen MR) is 94.0 cm³/mol. The summed E-state index contributed by atoms with van der Waals surface area (Å²) in [6.45, 7) is 6.35. The first-order valence-corrected chi connectivity index (χ1v) is 8.51. The van der Waals surface area contributed by atoms with Crippen molar-refractivity contribution in [2.45, 2.75) is 38.3 Å². The number of aliphatic imine (C=N–C) groups is 1. The second kappa shape index (κ2) is 8.52. The van der Waals surface area contributed by atoms with E-state index in [4.69, 9.17) is 16.3 Å². The van der Waals surface area contributed by atoms with Gasteiger partial charge in [-0.05, 0) is 25.5 Å². The third kappa shape index (κ3) is 5.37. The van der Waals surface area contributed by atoms with Crippen LogP contribution in [-0.2, 0) is 4.74 Å². The molecule has 0 bridgehead atoms. The minimum Gasteiger partial charge on any atom is -0.388 e. The maximum atomic E-state index is 10.5. The fourth-order valence-corrected chi connectivity index (χ4v) is 2.86. The number of nitrogens with zero attached hydrogens (tertiary/aromatic N) is 1. The largest absolute Gasteiger partial charge is 0.388 e. The third-order valence-electron chi connectivity index (χ3n) is 4.02. The van der Waals surface area contributed by atoms with Crippen molar-refractivity contribution < 1.29 is 9.84 Å². The zero-order valence-corrected chi connectivity index (χ0v) is 14.6. The van der Waals surface area contributed by atoms with Crippen LogP contribution in [-0.4, -0.2) is 43.0 Å². The molecule has 3 N–H and O–H groups in total. The molecular weight excluding hydrogens is 314 g/mol. The molecule has 2 rings (SSSR count). The van der Waals surface area contributed by atoms with Crippen molar-refractivity contribution in [3.63, 3.8) is 0 Å². The maximum Gasteiger partial charge on any atom is 0.191 e. The topological polar surface area (TPSA) is 65.9 Å². The number of rotatable bonds is 5. The molecule has 1 saturated heterocycles. The summed E-state index contributed by atoms with van der Waals surface area (Å²) in [4.78, 5) is 4.55. The first-order chi connectivity index (χ1) is 11.0. The Hall–Kier alpha value is -1.30. The van der Waals surface area contributed by atoms with Crippen LogP contribution in [0.25, 0.3) is 0 Å². The van der Waals surface area contributed by atoms with Gasteiger partial charge in [0.25, 0.3) is 0 Å². The molecule has 1 unspecified atom stereocenters. The Morgan fingerprint density at radius 2 is 2.09 bits per heavy atom. The normalized spacial score (nSPS) is 19.2. The summed E-state index contributed by atoms with van der Waals surface area (Å²) >= 11 is 6.25. The van der Waals surface area contributed by atoms with Crippen LogP contribution < -0.4 is 10.6 Å². The van der Waals surface area contributed by atoms with Crippen molar-refractivity contribution in [3.05, 3.63) is 34.9 Å². The van der Waals surface area contributed by atoms with E-state index in [1.165, 1.54) is 0 Å². The molecule has 0 radical (unpaired) electrons. The van der Waals surface area contributed by atoms with Gasteiger partial charge in [-0.2, -0.15) is 0 Å². The van der Waals surface area contributed by atoms with E-state index in [0.717, 1.165) is 17.1 Å². The molecule has 1 atom stereocenters. The van der Waals surface area contributed by atoms with Crippen molar-refractivity contribution in [2.75, 3.05) is 26.3 Å².